The first-order valence-electron chi connectivity index (χ1n) is 8.61. The van der Waals surface area contributed by atoms with Gasteiger partial charge in [-0.3, -0.25) is 0 Å². The average molecular weight is 342 g/mol. The minimum Gasteiger partial charge on any atom is -0.423 e. The van der Waals surface area contributed by atoms with Crippen LogP contribution >= 0.6 is 0 Å². The summed E-state index contributed by atoms with van der Waals surface area (Å²) in [5.74, 6) is -2.18. The molecule has 0 spiro atoms. The van der Waals surface area contributed by atoms with Gasteiger partial charge in [0.25, 0.3) is 0 Å². The third-order valence-electron chi connectivity index (χ3n) is 4.36. The SMILES string of the molecule is CCCCCCCC1COC(c2ccc(B(O)O)c(F)c2F)OC1. The molecule has 0 radical (unpaired) electrons. The molecule has 7 heteroatoms. The fourth-order valence-electron chi connectivity index (χ4n) is 2.89. The van der Waals surface area contributed by atoms with Crippen LogP contribution in [0.4, 0.5) is 8.78 Å². The standard InChI is InChI=1S/C17H25BF2O4/c1-2-3-4-5-6-7-12-10-23-17(24-11-12)13-8-9-14(18(21)22)16(20)15(13)19/h8-9,12,17,21-22H,2-7,10-11H2,1H3. The van der Waals surface area contributed by atoms with E-state index in [-0.39, 0.29) is 11.5 Å². The first-order chi connectivity index (χ1) is 11.5. The zero-order valence-electron chi connectivity index (χ0n) is 14.0. The second-order valence-electron chi connectivity index (χ2n) is 6.31. The molecule has 0 bridgehead atoms. The third-order valence-corrected chi connectivity index (χ3v) is 4.36. The van der Waals surface area contributed by atoms with Crippen molar-refractivity contribution in [3.05, 3.63) is 29.3 Å². The number of rotatable bonds is 8. The molecule has 1 heterocycles. The maximum absolute atomic E-state index is 14.1. The summed E-state index contributed by atoms with van der Waals surface area (Å²) in [7, 11) is -2.06. The van der Waals surface area contributed by atoms with Crippen LogP contribution in [0.2, 0.25) is 0 Å². The Labute approximate surface area is 141 Å². The molecule has 0 unspecified atom stereocenters. The molecule has 2 N–H and O–H groups in total. The molecule has 1 aliphatic rings. The first kappa shape index (κ1) is 19.3. The van der Waals surface area contributed by atoms with Gasteiger partial charge in [0, 0.05) is 16.9 Å². The lowest BCUT2D eigenvalue weighted by molar-refractivity contribution is -0.207. The molecular formula is C17H25BF2O4. The van der Waals surface area contributed by atoms with E-state index in [1.54, 1.807) is 0 Å². The van der Waals surface area contributed by atoms with Crippen LogP contribution in [0.3, 0.4) is 0 Å². The molecule has 1 aliphatic heterocycles. The molecule has 0 saturated carbocycles. The summed E-state index contributed by atoms with van der Waals surface area (Å²) < 4.78 is 38.9. The Bertz CT molecular complexity index is 520. The molecule has 134 valence electrons. The highest BCUT2D eigenvalue weighted by Crippen LogP contribution is 2.29. The topological polar surface area (TPSA) is 58.9 Å². The Morgan fingerprint density at radius 3 is 2.33 bits per heavy atom. The van der Waals surface area contributed by atoms with Gasteiger partial charge in [0.05, 0.1) is 13.2 Å². The maximum Gasteiger partial charge on any atom is 0.491 e. The molecule has 0 aromatic heterocycles. The Hall–Kier alpha value is -1.02. The van der Waals surface area contributed by atoms with E-state index in [0.29, 0.717) is 13.2 Å². The van der Waals surface area contributed by atoms with Gasteiger partial charge in [-0.15, -0.1) is 0 Å². The number of unbranched alkanes of at least 4 members (excludes halogenated alkanes) is 4. The Morgan fingerprint density at radius 1 is 1.04 bits per heavy atom. The second kappa shape index (κ2) is 9.46. The number of hydrogen-bond donors (Lipinski definition) is 2. The van der Waals surface area contributed by atoms with Crippen molar-refractivity contribution in [2.75, 3.05) is 13.2 Å². The quantitative estimate of drug-likeness (QED) is 0.563. The van der Waals surface area contributed by atoms with Crippen LogP contribution in [0, 0.1) is 17.6 Å². The zero-order chi connectivity index (χ0) is 17.5. The fourth-order valence-corrected chi connectivity index (χ4v) is 2.89. The van der Waals surface area contributed by atoms with E-state index in [9.17, 15) is 8.78 Å². The molecule has 1 aromatic carbocycles. The van der Waals surface area contributed by atoms with E-state index in [0.717, 1.165) is 18.9 Å². The summed E-state index contributed by atoms with van der Waals surface area (Å²) >= 11 is 0. The average Bonchev–Trinajstić information content (AvgIpc) is 2.57. The van der Waals surface area contributed by atoms with E-state index in [4.69, 9.17) is 19.5 Å². The van der Waals surface area contributed by atoms with Crippen molar-refractivity contribution < 1.29 is 28.3 Å². The summed E-state index contributed by atoms with van der Waals surface area (Å²) in [5.41, 5.74) is -0.560. The highest BCUT2D eigenvalue weighted by atomic mass is 19.2. The number of halogens is 2. The van der Waals surface area contributed by atoms with E-state index < -0.39 is 30.5 Å². The van der Waals surface area contributed by atoms with E-state index in [1.165, 1.54) is 31.7 Å². The van der Waals surface area contributed by atoms with E-state index in [2.05, 4.69) is 6.92 Å². The van der Waals surface area contributed by atoms with Crippen molar-refractivity contribution >= 4 is 12.6 Å². The molecule has 1 aromatic rings. The number of benzene rings is 1. The van der Waals surface area contributed by atoms with Crippen LogP contribution in [0.15, 0.2) is 12.1 Å². The summed E-state index contributed by atoms with van der Waals surface area (Å²) in [6, 6.07) is 2.40. The zero-order valence-corrected chi connectivity index (χ0v) is 14.0. The van der Waals surface area contributed by atoms with Crippen molar-refractivity contribution in [2.45, 2.75) is 51.7 Å². The maximum atomic E-state index is 14.1. The molecule has 24 heavy (non-hydrogen) atoms. The van der Waals surface area contributed by atoms with E-state index in [1.807, 2.05) is 0 Å². The first-order valence-corrected chi connectivity index (χ1v) is 8.61. The van der Waals surface area contributed by atoms with Crippen LogP contribution in [0.1, 0.15) is 57.3 Å². The van der Waals surface area contributed by atoms with Gasteiger partial charge in [0.2, 0.25) is 0 Å². The Balaban J connectivity index is 1.85. The van der Waals surface area contributed by atoms with Crippen LogP contribution in [0.5, 0.6) is 0 Å². The van der Waals surface area contributed by atoms with Gasteiger partial charge in [-0.2, -0.15) is 0 Å². The minimum atomic E-state index is -2.06. The van der Waals surface area contributed by atoms with Gasteiger partial charge in [-0.1, -0.05) is 51.2 Å². The molecular weight excluding hydrogens is 317 g/mol. The largest absolute Gasteiger partial charge is 0.491 e. The lowest BCUT2D eigenvalue weighted by atomic mass is 9.79. The highest BCUT2D eigenvalue weighted by molar-refractivity contribution is 6.58. The summed E-state index contributed by atoms with van der Waals surface area (Å²) in [6.07, 6.45) is 6.06. The second-order valence-corrected chi connectivity index (χ2v) is 6.31. The van der Waals surface area contributed by atoms with Crippen LogP contribution in [-0.4, -0.2) is 30.4 Å². The smallest absolute Gasteiger partial charge is 0.423 e. The van der Waals surface area contributed by atoms with Crippen LogP contribution in [0.25, 0.3) is 0 Å². The summed E-state index contributed by atoms with van der Waals surface area (Å²) in [4.78, 5) is 0. The predicted molar refractivity (Wildman–Crippen MR) is 87.7 cm³/mol. The lowest BCUT2D eigenvalue weighted by Crippen LogP contribution is -2.35. The Kier molecular flexibility index (Phi) is 7.61. The normalized spacial score (nSPS) is 21.0. The summed E-state index contributed by atoms with van der Waals surface area (Å²) in [5, 5.41) is 18.0. The van der Waals surface area contributed by atoms with Crippen molar-refractivity contribution in [1.82, 2.24) is 0 Å². The minimum absolute atomic E-state index is 0.0571. The van der Waals surface area contributed by atoms with Gasteiger partial charge in [0.1, 0.15) is 0 Å². The van der Waals surface area contributed by atoms with Crippen molar-refractivity contribution in [3.63, 3.8) is 0 Å². The lowest BCUT2D eigenvalue weighted by Gasteiger charge is -2.30. The monoisotopic (exact) mass is 342 g/mol. The van der Waals surface area contributed by atoms with Crippen molar-refractivity contribution in [3.8, 4) is 0 Å². The molecule has 4 nitrogen and oxygen atoms in total. The molecule has 1 fully saturated rings. The fraction of sp³-hybridized carbons (Fsp3) is 0.647. The number of ether oxygens (including phenoxy) is 2. The number of hydrogen-bond acceptors (Lipinski definition) is 4. The molecule has 0 atom stereocenters. The molecule has 0 aliphatic carbocycles. The van der Waals surface area contributed by atoms with Crippen molar-refractivity contribution in [2.24, 2.45) is 5.92 Å². The van der Waals surface area contributed by atoms with Gasteiger partial charge >= 0.3 is 7.12 Å². The van der Waals surface area contributed by atoms with Gasteiger partial charge in [0.15, 0.2) is 17.9 Å². The van der Waals surface area contributed by atoms with Gasteiger partial charge in [-0.25, -0.2) is 8.78 Å². The molecule has 2 rings (SSSR count). The Morgan fingerprint density at radius 2 is 1.71 bits per heavy atom. The van der Waals surface area contributed by atoms with Crippen LogP contribution < -0.4 is 5.46 Å². The molecule has 1 saturated heterocycles. The van der Waals surface area contributed by atoms with Gasteiger partial charge in [-0.05, 0) is 6.42 Å². The van der Waals surface area contributed by atoms with E-state index >= 15 is 0 Å². The highest BCUT2D eigenvalue weighted by Gasteiger charge is 2.29. The summed E-state index contributed by atoms with van der Waals surface area (Å²) in [6.45, 7) is 3.08. The predicted octanol–water partition coefficient (Wildman–Crippen LogP) is 2.67. The third kappa shape index (κ3) is 4.99. The van der Waals surface area contributed by atoms with Crippen molar-refractivity contribution in [1.29, 1.82) is 0 Å². The molecule has 0 amide bonds. The van der Waals surface area contributed by atoms with Gasteiger partial charge < -0.3 is 19.5 Å². The van der Waals surface area contributed by atoms with Crippen LogP contribution in [-0.2, 0) is 9.47 Å².